The Bertz CT molecular complexity index is 259. The highest BCUT2D eigenvalue weighted by Crippen LogP contribution is 2.06. The summed E-state index contributed by atoms with van der Waals surface area (Å²) >= 11 is 3.02. The van der Waals surface area contributed by atoms with Gasteiger partial charge in [-0.1, -0.05) is 60.7 Å². The molecule has 3 N–H and O–H groups in total. The summed E-state index contributed by atoms with van der Waals surface area (Å²) in [5, 5.41) is 21.6. The Balaban J connectivity index is 3.84. The molecule has 0 aromatic rings. The van der Waals surface area contributed by atoms with Gasteiger partial charge in [0, 0.05) is 0 Å². The first-order valence-corrected chi connectivity index (χ1v) is 8.08. The van der Waals surface area contributed by atoms with Gasteiger partial charge in [-0.15, -0.1) is 0 Å². The zero-order valence-electron chi connectivity index (χ0n) is 11.6. The maximum Gasteiger partial charge on any atom is 0.231 e. The number of alkyl halides is 1. The van der Waals surface area contributed by atoms with E-state index >= 15 is 0 Å². The van der Waals surface area contributed by atoms with Gasteiger partial charge in [0.1, 0.15) is 0 Å². The van der Waals surface area contributed by atoms with Gasteiger partial charge in [-0.05, 0) is 12.8 Å². The van der Waals surface area contributed by atoms with Gasteiger partial charge in [0.2, 0.25) is 5.91 Å². The molecule has 0 rings (SSSR count). The molecule has 0 saturated carbocycles. The fourth-order valence-corrected chi connectivity index (χ4v) is 1.88. The molecular weight excluding hydrogens is 310 g/mol. The van der Waals surface area contributed by atoms with Crippen LogP contribution < -0.4 is 5.32 Å². The van der Waals surface area contributed by atoms with Crippen molar-refractivity contribution in [2.75, 3.05) is 11.9 Å². The van der Waals surface area contributed by atoms with Crippen LogP contribution in [-0.2, 0) is 4.79 Å². The van der Waals surface area contributed by atoms with Crippen molar-refractivity contribution in [2.45, 2.75) is 57.6 Å². The Morgan fingerprint density at radius 1 is 1.32 bits per heavy atom. The predicted molar refractivity (Wildman–Crippen MR) is 81.3 cm³/mol. The Labute approximate surface area is 124 Å². The summed E-state index contributed by atoms with van der Waals surface area (Å²) in [4.78, 5) is 11.2. The second-order valence-corrected chi connectivity index (χ2v) is 5.17. The van der Waals surface area contributed by atoms with E-state index in [0.717, 1.165) is 12.8 Å². The Kier molecular flexibility index (Phi) is 12.4. The average Bonchev–Trinajstić information content (AvgIpc) is 2.43. The summed E-state index contributed by atoms with van der Waals surface area (Å²) in [5.74, 6) is -0.244. The first kappa shape index (κ1) is 18.6. The lowest BCUT2D eigenvalue weighted by molar-refractivity contribution is -0.120. The van der Waals surface area contributed by atoms with Crippen molar-refractivity contribution in [1.29, 1.82) is 0 Å². The van der Waals surface area contributed by atoms with Crippen LogP contribution in [0.3, 0.4) is 0 Å². The first-order chi connectivity index (χ1) is 9.15. The van der Waals surface area contributed by atoms with Gasteiger partial charge in [-0.2, -0.15) is 0 Å². The fourth-order valence-electron chi connectivity index (χ4n) is 1.72. The highest BCUT2D eigenvalue weighted by Gasteiger charge is 2.17. The van der Waals surface area contributed by atoms with E-state index < -0.39 is 12.1 Å². The van der Waals surface area contributed by atoms with Gasteiger partial charge in [0.15, 0.2) is 0 Å². The Morgan fingerprint density at radius 2 is 2.00 bits per heavy atom. The summed E-state index contributed by atoms with van der Waals surface area (Å²) in [6.45, 7) is 1.91. The third-order valence-corrected chi connectivity index (χ3v) is 3.39. The van der Waals surface area contributed by atoms with Crippen LogP contribution in [0.1, 0.15) is 45.4 Å². The van der Waals surface area contributed by atoms with Gasteiger partial charge < -0.3 is 15.5 Å². The van der Waals surface area contributed by atoms with Crippen molar-refractivity contribution in [2.24, 2.45) is 0 Å². The number of hydrogen-bond donors (Lipinski definition) is 3. The molecule has 19 heavy (non-hydrogen) atoms. The number of rotatable bonds is 11. The molecule has 112 valence electrons. The number of amides is 1. The summed E-state index contributed by atoms with van der Waals surface area (Å²) in [7, 11) is 0. The number of aliphatic hydroxyl groups is 2. The fraction of sp³-hybridized carbons (Fsp3) is 0.786. The van der Waals surface area contributed by atoms with Crippen molar-refractivity contribution in [3.63, 3.8) is 0 Å². The van der Waals surface area contributed by atoms with Crippen LogP contribution in [0.15, 0.2) is 12.2 Å². The van der Waals surface area contributed by atoms with Crippen LogP contribution >= 0.6 is 15.9 Å². The normalized spacial score (nSPS) is 14.5. The molecule has 0 bridgehead atoms. The summed E-state index contributed by atoms with van der Waals surface area (Å²) in [6.07, 6.45) is 9.73. The average molecular weight is 336 g/mol. The number of unbranched alkanes of at least 4 members (excludes halogenated alkanes) is 5. The molecule has 5 heteroatoms. The van der Waals surface area contributed by atoms with E-state index in [9.17, 15) is 9.90 Å². The SMILES string of the molecule is CCCCCCC/C=C/[C@@H](O)C(CO)NC(=O)CBr. The first-order valence-electron chi connectivity index (χ1n) is 6.96. The number of aliphatic hydroxyl groups excluding tert-OH is 2. The third kappa shape index (κ3) is 10.1. The second kappa shape index (κ2) is 12.6. The molecular formula is C14H26BrNO3. The highest BCUT2D eigenvalue weighted by molar-refractivity contribution is 9.09. The van der Waals surface area contributed by atoms with Crippen LogP contribution in [0.4, 0.5) is 0 Å². The van der Waals surface area contributed by atoms with Crippen LogP contribution in [0.25, 0.3) is 0 Å². The lowest BCUT2D eigenvalue weighted by atomic mass is 10.1. The molecule has 0 fully saturated rings. The minimum absolute atomic E-state index is 0.164. The van der Waals surface area contributed by atoms with Crippen molar-refractivity contribution >= 4 is 21.8 Å². The van der Waals surface area contributed by atoms with Gasteiger partial charge >= 0.3 is 0 Å². The lowest BCUT2D eigenvalue weighted by Gasteiger charge is -2.19. The van der Waals surface area contributed by atoms with Gasteiger partial charge in [0.25, 0.3) is 0 Å². The maximum atomic E-state index is 11.2. The van der Waals surface area contributed by atoms with Gasteiger partial charge in [-0.3, -0.25) is 4.79 Å². The van der Waals surface area contributed by atoms with E-state index in [-0.39, 0.29) is 17.8 Å². The molecule has 1 amide bonds. The number of nitrogens with one attached hydrogen (secondary N) is 1. The van der Waals surface area contributed by atoms with E-state index in [2.05, 4.69) is 28.2 Å². The van der Waals surface area contributed by atoms with Gasteiger partial charge in [0.05, 0.1) is 24.1 Å². The van der Waals surface area contributed by atoms with Crippen LogP contribution in [0.5, 0.6) is 0 Å². The molecule has 0 aromatic carbocycles. The molecule has 0 spiro atoms. The molecule has 0 aromatic heterocycles. The summed E-state index contributed by atoms with van der Waals surface area (Å²) in [6, 6.07) is -0.638. The largest absolute Gasteiger partial charge is 0.394 e. The molecule has 0 radical (unpaired) electrons. The standard InChI is InChI=1S/C14H26BrNO3/c1-2-3-4-5-6-7-8-9-13(18)12(11-17)16-14(19)10-15/h8-9,12-13,17-18H,2-7,10-11H2,1H3,(H,16,19)/b9-8+/t12?,13-/m1/s1. The molecule has 1 unspecified atom stereocenters. The molecule has 0 aliphatic rings. The second-order valence-electron chi connectivity index (χ2n) is 4.61. The minimum atomic E-state index is -0.844. The van der Waals surface area contributed by atoms with Crippen LogP contribution in [-0.4, -0.2) is 40.2 Å². The predicted octanol–water partition coefficient (Wildman–Crippen LogP) is 2.14. The van der Waals surface area contributed by atoms with Gasteiger partial charge in [-0.25, -0.2) is 0 Å². The molecule has 0 aliphatic heterocycles. The number of allylic oxidation sites excluding steroid dienone is 1. The topological polar surface area (TPSA) is 69.6 Å². The molecule has 4 nitrogen and oxygen atoms in total. The van der Waals surface area contributed by atoms with Crippen molar-refractivity contribution < 1.29 is 15.0 Å². The smallest absolute Gasteiger partial charge is 0.231 e. The number of hydrogen-bond acceptors (Lipinski definition) is 3. The lowest BCUT2D eigenvalue weighted by Crippen LogP contribution is -2.45. The van der Waals surface area contributed by atoms with E-state index in [0.29, 0.717) is 0 Å². The monoisotopic (exact) mass is 335 g/mol. The number of halogens is 1. The van der Waals surface area contributed by atoms with Crippen LogP contribution in [0, 0.1) is 0 Å². The Morgan fingerprint density at radius 3 is 2.58 bits per heavy atom. The molecule has 0 aliphatic carbocycles. The zero-order valence-corrected chi connectivity index (χ0v) is 13.2. The van der Waals surface area contributed by atoms with E-state index in [1.54, 1.807) is 6.08 Å². The highest BCUT2D eigenvalue weighted by atomic mass is 79.9. The van der Waals surface area contributed by atoms with E-state index in [4.69, 9.17) is 5.11 Å². The van der Waals surface area contributed by atoms with Crippen molar-refractivity contribution in [3.8, 4) is 0 Å². The minimum Gasteiger partial charge on any atom is -0.394 e. The number of carbonyl (C=O) groups is 1. The zero-order chi connectivity index (χ0) is 14.5. The maximum absolute atomic E-state index is 11.2. The number of carbonyl (C=O) groups excluding carboxylic acids is 1. The summed E-state index contributed by atoms with van der Waals surface area (Å²) in [5.41, 5.74) is 0. The molecule has 2 atom stereocenters. The quantitative estimate of drug-likeness (QED) is 0.308. The van der Waals surface area contributed by atoms with Crippen molar-refractivity contribution in [3.05, 3.63) is 12.2 Å². The summed E-state index contributed by atoms with van der Waals surface area (Å²) < 4.78 is 0. The van der Waals surface area contributed by atoms with E-state index in [1.807, 2.05) is 6.08 Å². The Hall–Kier alpha value is -0.390. The van der Waals surface area contributed by atoms with Crippen molar-refractivity contribution in [1.82, 2.24) is 5.32 Å². The van der Waals surface area contributed by atoms with Crippen LogP contribution in [0.2, 0.25) is 0 Å². The third-order valence-electron chi connectivity index (χ3n) is 2.88. The molecule has 0 heterocycles. The van der Waals surface area contributed by atoms with E-state index in [1.165, 1.54) is 25.7 Å². The molecule has 0 saturated heterocycles.